The summed E-state index contributed by atoms with van der Waals surface area (Å²) in [7, 11) is -0.471. The highest BCUT2D eigenvalue weighted by atomic mass is 31.2. The minimum Gasteiger partial charge on any atom is -0.392 e. The summed E-state index contributed by atoms with van der Waals surface area (Å²) in [5, 5.41) is 8.30. The van der Waals surface area contributed by atoms with Crippen LogP contribution in [0.1, 0.15) is 0 Å². The summed E-state index contributed by atoms with van der Waals surface area (Å²) in [6.07, 6.45) is 1.31. The molecule has 0 unspecified atom stereocenters. The Balaban J connectivity index is 4.07. The van der Waals surface area contributed by atoms with E-state index in [9.17, 15) is 4.57 Å². The van der Waals surface area contributed by atoms with Gasteiger partial charge in [-0.05, 0) is 0 Å². The summed E-state index contributed by atoms with van der Waals surface area (Å²) in [4.78, 5) is 0. The largest absolute Gasteiger partial charge is 0.392 e. The van der Waals surface area contributed by atoms with Gasteiger partial charge in [0.25, 0.3) is 0 Å². The van der Waals surface area contributed by atoms with E-state index < -0.39 is 7.60 Å². The average Bonchev–Trinajstić information content (AvgIpc) is 2.00. The molecule has 0 radical (unpaired) electrons. The third-order valence-corrected chi connectivity index (χ3v) is 2.50. The Hall–Kier alpha value is -0.150. The molecule has 0 aromatic rings. The number of hydrogen-bond acceptors (Lipinski definition) is 4. The van der Waals surface area contributed by atoms with Gasteiger partial charge in [0.15, 0.2) is 0 Å². The fourth-order valence-electron chi connectivity index (χ4n) is 0.372. The SMILES string of the molecule is COP(=O)(/C=C/CO)OC. The van der Waals surface area contributed by atoms with Crippen LogP contribution in [0.15, 0.2) is 11.9 Å². The van der Waals surface area contributed by atoms with Crippen LogP contribution in [0.5, 0.6) is 0 Å². The molecule has 0 aliphatic carbocycles. The molecule has 5 heteroatoms. The van der Waals surface area contributed by atoms with Crippen molar-refractivity contribution in [3.8, 4) is 0 Å². The van der Waals surface area contributed by atoms with Crippen molar-refractivity contribution in [2.75, 3.05) is 20.8 Å². The fourth-order valence-corrected chi connectivity index (χ4v) is 1.12. The predicted molar refractivity (Wildman–Crippen MR) is 37.9 cm³/mol. The smallest absolute Gasteiger partial charge is 0.353 e. The highest BCUT2D eigenvalue weighted by molar-refractivity contribution is 7.57. The molecule has 0 atom stereocenters. The van der Waals surface area contributed by atoms with Crippen LogP contribution in [0.2, 0.25) is 0 Å². The van der Waals surface area contributed by atoms with Crippen molar-refractivity contribution in [3.63, 3.8) is 0 Å². The van der Waals surface area contributed by atoms with Crippen molar-refractivity contribution in [2.24, 2.45) is 0 Å². The number of hydrogen-bond donors (Lipinski definition) is 1. The van der Waals surface area contributed by atoms with Crippen LogP contribution in [0, 0.1) is 0 Å². The molecule has 0 heterocycles. The maximum absolute atomic E-state index is 11.1. The summed E-state index contributed by atoms with van der Waals surface area (Å²) < 4.78 is 20.1. The quantitative estimate of drug-likeness (QED) is 0.632. The van der Waals surface area contributed by atoms with Crippen molar-refractivity contribution in [3.05, 3.63) is 11.9 Å². The van der Waals surface area contributed by atoms with Gasteiger partial charge in [-0.2, -0.15) is 0 Å². The molecule has 60 valence electrons. The average molecular weight is 166 g/mol. The molecular formula is C5H11O4P. The Kier molecular flexibility index (Phi) is 4.56. The predicted octanol–water partition coefficient (Wildman–Crippen LogP) is 0.978. The van der Waals surface area contributed by atoms with Gasteiger partial charge in [0.05, 0.1) is 6.61 Å². The zero-order chi connectivity index (χ0) is 8.04. The molecule has 0 aliphatic heterocycles. The summed E-state index contributed by atoms with van der Waals surface area (Å²) in [5.41, 5.74) is 0. The monoisotopic (exact) mass is 166 g/mol. The highest BCUT2D eigenvalue weighted by Crippen LogP contribution is 2.47. The van der Waals surface area contributed by atoms with Crippen LogP contribution in [-0.2, 0) is 13.6 Å². The van der Waals surface area contributed by atoms with E-state index in [-0.39, 0.29) is 6.61 Å². The molecule has 4 nitrogen and oxygen atoms in total. The fraction of sp³-hybridized carbons (Fsp3) is 0.600. The number of aliphatic hydroxyl groups excluding tert-OH is 1. The molecule has 0 saturated carbocycles. The molecule has 0 fully saturated rings. The molecule has 0 aliphatic rings. The lowest BCUT2D eigenvalue weighted by atomic mass is 10.7. The van der Waals surface area contributed by atoms with Gasteiger partial charge in [-0.25, -0.2) is 0 Å². The van der Waals surface area contributed by atoms with Gasteiger partial charge in [0.1, 0.15) is 0 Å². The van der Waals surface area contributed by atoms with Crippen LogP contribution in [0.25, 0.3) is 0 Å². The summed E-state index contributed by atoms with van der Waals surface area (Å²) in [6.45, 7) is -0.170. The first-order valence-corrected chi connectivity index (χ1v) is 4.29. The van der Waals surface area contributed by atoms with Gasteiger partial charge >= 0.3 is 7.60 Å². The van der Waals surface area contributed by atoms with Gasteiger partial charge < -0.3 is 14.2 Å². The minimum atomic E-state index is -3.04. The van der Waals surface area contributed by atoms with E-state index >= 15 is 0 Å². The van der Waals surface area contributed by atoms with E-state index in [1.165, 1.54) is 26.1 Å². The van der Waals surface area contributed by atoms with Crippen LogP contribution >= 0.6 is 7.60 Å². The second kappa shape index (κ2) is 4.63. The normalized spacial score (nSPS) is 12.7. The van der Waals surface area contributed by atoms with E-state index in [0.29, 0.717) is 0 Å². The lowest BCUT2D eigenvalue weighted by Crippen LogP contribution is -1.84. The van der Waals surface area contributed by atoms with Crippen LogP contribution in [0.4, 0.5) is 0 Å². The van der Waals surface area contributed by atoms with Crippen LogP contribution in [-0.4, -0.2) is 25.9 Å². The molecule has 0 spiro atoms. The highest BCUT2D eigenvalue weighted by Gasteiger charge is 2.14. The minimum absolute atomic E-state index is 0.170. The van der Waals surface area contributed by atoms with E-state index in [2.05, 4.69) is 9.05 Å². The molecule has 10 heavy (non-hydrogen) atoms. The Labute approximate surface area is 60.0 Å². The zero-order valence-corrected chi connectivity index (χ0v) is 6.88. The molecule has 0 aromatic carbocycles. The molecule has 0 rings (SSSR count). The Morgan fingerprint density at radius 3 is 2.30 bits per heavy atom. The topological polar surface area (TPSA) is 55.8 Å². The molecule has 0 bridgehead atoms. The van der Waals surface area contributed by atoms with Gasteiger partial charge in [-0.3, -0.25) is 4.57 Å². The third kappa shape index (κ3) is 3.13. The van der Waals surface area contributed by atoms with Gasteiger partial charge in [-0.1, -0.05) is 6.08 Å². The number of rotatable bonds is 4. The first kappa shape index (κ1) is 9.85. The standard InChI is InChI=1S/C5H11O4P/c1-8-10(7,9-2)5-3-4-6/h3,5-6H,4H2,1-2H3/b5-3+. The second-order valence-corrected chi connectivity index (χ2v) is 3.58. The maximum Gasteiger partial charge on any atom is 0.353 e. The van der Waals surface area contributed by atoms with Gasteiger partial charge in [0.2, 0.25) is 0 Å². The Morgan fingerprint density at radius 1 is 1.50 bits per heavy atom. The summed E-state index contributed by atoms with van der Waals surface area (Å²) >= 11 is 0. The van der Waals surface area contributed by atoms with Gasteiger partial charge in [0, 0.05) is 20.0 Å². The molecule has 1 N–H and O–H groups in total. The van der Waals surface area contributed by atoms with E-state index in [0.717, 1.165) is 0 Å². The zero-order valence-electron chi connectivity index (χ0n) is 5.98. The van der Waals surface area contributed by atoms with Crippen molar-refractivity contribution >= 4 is 7.60 Å². The van der Waals surface area contributed by atoms with E-state index in [1.807, 2.05) is 0 Å². The van der Waals surface area contributed by atoms with Crippen molar-refractivity contribution < 1.29 is 18.7 Å². The first-order chi connectivity index (χ1) is 4.68. The third-order valence-electron chi connectivity index (χ3n) is 0.902. The second-order valence-electron chi connectivity index (χ2n) is 1.47. The lowest BCUT2D eigenvalue weighted by molar-refractivity contribution is 0.285. The van der Waals surface area contributed by atoms with Crippen molar-refractivity contribution in [2.45, 2.75) is 0 Å². The van der Waals surface area contributed by atoms with Crippen LogP contribution < -0.4 is 0 Å². The van der Waals surface area contributed by atoms with Gasteiger partial charge in [-0.15, -0.1) is 0 Å². The lowest BCUT2D eigenvalue weighted by Gasteiger charge is -2.06. The molecule has 0 amide bonds. The summed E-state index contributed by atoms with van der Waals surface area (Å²) in [5.74, 6) is 1.22. The molecular weight excluding hydrogens is 155 g/mol. The van der Waals surface area contributed by atoms with Crippen molar-refractivity contribution in [1.82, 2.24) is 0 Å². The van der Waals surface area contributed by atoms with E-state index in [4.69, 9.17) is 5.11 Å². The van der Waals surface area contributed by atoms with E-state index in [1.54, 1.807) is 0 Å². The Bertz CT molecular complexity index is 146. The molecule has 0 aromatic heterocycles. The summed E-state index contributed by atoms with van der Waals surface area (Å²) in [6, 6.07) is 0. The van der Waals surface area contributed by atoms with Crippen LogP contribution in [0.3, 0.4) is 0 Å². The van der Waals surface area contributed by atoms with Crippen molar-refractivity contribution in [1.29, 1.82) is 0 Å². The Morgan fingerprint density at radius 2 is 2.00 bits per heavy atom. The molecule has 0 saturated heterocycles. The maximum atomic E-state index is 11.1. The first-order valence-electron chi connectivity index (χ1n) is 2.68. The number of aliphatic hydroxyl groups is 1.